The molecule has 0 atom stereocenters. The minimum absolute atomic E-state index is 0.00133. The van der Waals surface area contributed by atoms with Gasteiger partial charge in [0.1, 0.15) is 11.5 Å². The summed E-state index contributed by atoms with van der Waals surface area (Å²) < 4.78 is 51.6. The number of aromatic nitrogens is 4. The van der Waals surface area contributed by atoms with E-state index >= 15 is 0 Å². The molecule has 2 heterocycles. The number of nitrogens with zero attached hydrogens (tertiary/aromatic N) is 4. The number of aliphatic hydroxyl groups excluding tert-OH is 1. The predicted octanol–water partition coefficient (Wildman–Crippen LogP) is 3.58. The fourth-order valence-electron chi connectivity index (χ4n) is 3.91. The molecule has 4 rings (SSSR count). The Morgan fingerprint density at radius 3 is 2.32 bits per heavy atom. The summed E-state index contributed by atoms with van der Waals surface area (Å²) in [7, 11) is 1.45. The lowest BCUT2D eigenvalue weighted by Crippen LogP contribution is -2.39. The molecule has 0 aliphatic heterocycles. The van der Waals surface area contributed by atoms with Gasteiger partial charge in [0, 0.05) is 26.3 Å². The molecule has 0 fully saturated rings. The van der Waals surface area contributed by atoms with Crippen LogP contribution < -0.4 is 20.7 Å². The van der Waals surface area contributed by atoms with Gasteiger partial charge in [-0.15, -0.1) is 13.2 Å². The molecule has 0 aliphatic rings. The average Bonchev–Trinajstić information content (AvgIpc) is 3.20. The van der Waals surface area contributed by atoms with Crippen molar-refractivity contribution in [1.29, 1.82) is 0 Å². The summed E-state index contributed by atoms with van der Waals surface area (Å²) in [5.74, 6) is -0.494. The molecule has 196 valence electrons. The maximum absolute atomic E-state index is 13.4. The van der Waals surface area contributed by atoms with Crippen LogP contribution in [0, 0.1) is 0 Å². The Morgan fingerprint density at radius 2 is 1.68 bits per heavy atom. The third kappa shape index (κ3) is 5.69. The van der Waals surface area contributed by atoms with Crippen molar-refractivity contribution in [2.45, 2.75) is 39.2 Å². The molecule has 37 heavy (non-hydrogen) atoms. The molecule has 2 aromatic heterocycles. The van der Waals surface area contributed by atoms with Gasteiger partial charge in [-0.05, 0) is 36.1 Å². The van der Waals surface area contributed by atoms with Crippen LogP contribution in [-0.2, 0) is 26.6 Å². The number of rotatable bonds is 9. The zero-order chi connectivity index (χ0) is 26.7. The SMILES string of the molecule is CCc1ccc(Cn2c(Oc3cccc(OC(F)(F)F)c3)nc3c2c(=O)n(CCCO)c(=O)n3C)cc1. The van der Waals surface area contributed by atoms with E-state index in [9.17, 15) is 27.9 Å². The topological polar surface area (TPSA) is 101 Å². The van der Waals surface area contributed by atoms with Crippen LogP contribution in [0.15, 0.2) is 58.1 Å². The first-order chi connectivity index (χ1) is 17.6. The minimum atomic E-state index is -4.88. The van der Waals surface area contributed by atoms with E-state index in [2.05, 4.69) is 9.72 Å². The molecule has 9 nitrogen and oxygen atoms in total. The number of alkyl halides is 3. The second-order valence-electron chi connectivity index (χ2n) is 8.32. The largest absolute Gasteiger partial charge is 0.573 e. The summed E-state index contributed by atoms with van der Waals surface area (Å²) in [5.41, 5.74) is 0.829. The molecule has 4 aromatic rings. The van der Waals surface area contributed by atoms with Gasteiger partial charge in [0.05, 0.1) is 6.54 Å². The third-order valence-electron chi connectivity index (χ3n) is 5.76. The van der Waals surface area contributed by atoms with Gasteiger partial charge < -0.3 is 14.6 Å². The highest BCUT2D eigenvalue weighted by Gasteiger charge is 2.31. The van der Waals surface area contributed by atoms with Gasteiger partial charge in [0.15, 0.2) is 11.2 Å². The third-order valence-corrected chi connectivity index (χ3v) is 5.76. The Morgan fingerprint density at radius 1 is 1.00 bits per heavy atom. The van der Waals surface area contributed by atoms with Crippen molar-refractivity contribution in [3.63, 3.8) is 0 Å². The summed E-state index contributed by atoms with van der Waals surface area (Å²) in [5, 5.41) is 9.20. The predicted molar refractivity (Wildman–Crippen MR) is 129 cm³/mol. The Kier molecular flexibility index (Phi) is 7.39. The van der Waals surface area contributed by atoms with Crippen LogP contribution in [-0.4, -0.2) is 36.8 Å². The molecular formula is C25H25F3N4O5. The number of ether oxygens (including phenoxy) is 2. The highest BCUT2D eigenvalue weighted by molar-refractivity contribution is 5.72. The second-order valence-corrected chi connectivity index (χ2v) is 8.32. The molecular weight excluding hydrogens is 493 g/mol. The molecule has 0 spiro atoms. The lowest BCUT2D eigenvalue weighted by molar-refractivity contribution is -0.274. The minimum Gasteiger partial charge on any atom is -0.425 e. The Balaban J connectivity index is 1.86. The molecule has 2 aromatic carbocycles. The van der Waals surface area contributed by atoms with Crippen LogP contribution in [0.3, 0.4) is 0 Å². The van der Waals surface area contributed by atoms with Crippen LogP contribution in [0.5, 0.6) is 17.5 Å². The number of aliphatic hydroxyl groups is 1. The molecule has 12 heteroatoms. The summed E-state index contributed by atoms with van der Waals surface area (Å²) >= 11 is 0. The molecule has 0 aliphatic carbocycles. The van der Waals surface area contributed by atoms with Crippen molar-refractivity contribution < 1.29 is 27.8 Å². The summed E-state index contributed by atoms with van der Waals surface area (Å²) in [6.45, 7) is 1.96. The summed E-state index contributed by atoms with van der Waals surface area (Å²) in [4.78, 5) is 30.6. The van der Waals surface area contributed by atoms with Gasteiger partial charge in [-0.2, -0.15) is 4.98 Å². The van der Waals surface area contributed by atoms with E-state index in [1.807, 2.05) is 31.2 Å². The molecule has 0 unspecified atom stereocenters. The van der Waals surface area contributed by atoms with Crippen molar-refractivity contribution >= 4 is 11.2 Å². The van der Waals surface area contributed by atoms with Gasteiger partial charge in [-0.1, -0.05) is 37.3 Å². The maximum atomic E-state index is 13.4. The van der Waals surface area contributed by atoms with Crippen LogP contribution >= 0.6 is 0 Å². The van der Waals surface area contributed by atoms with E-state index in [0.29, 0.717) is 0 Å². The van der Waals surface area contributed by atoms with Gasteiger partial charge in [0.25, 0.3) is 5.56 Å². The Hall–Kier alpha value is -4.06. The van der Waals surface area contributed by atoms with Gasteiger partial charge in [0.2, 0.25) is 0 Å². The zero-order valence-electron chi connectivity index (χ0n) is 20.2. The number of aryl methyl sites for hydroxylation is 2. The van der Waals surface area contributed by atoms with E-state index in [1.165, 1.54) is 28.3 Å². The lowest BCUT2D eigenvalue weighted by Gasteiger charge is -2.13. The van der Waals surface area contributed by atoms with E-state index < -0.39 is 23.4 Å². The van der Waals surface area contributed by atoms with Crippen LogP contribution in [0.2, 0.25) is 0 Å². The van der Waals surface area contributed by atoms with Crippen LogP contribution in [0.25, 0.3) is 11.2 Å². The van der Waals surface area contributed by atoms with Crippen LogP contribution in [0.4, 0.5) is 13.2 Å². The quantitative estimate of drug-likeness (QED) is 0.364. The molecule has 0 saturated heterocycles. The number of halogens is 3. The highest BCUT2D eigenvalue weighted by Crippen LogP contribution is 2.30. The van der Waals surface area contributed by atoms with Gasteiger partial charge in [-0.3, -0.25) is 18.5 Å². The first kappa shape index (κ1) is 26.0. The molecule has 0 bridgehead atoms. The molecule has 0 radical (unpaired) electrons. The number of imidazole rings is 1. The van der Waals surface area contributed by atoms with Crippen molar-refractivity contribution in [2.75, 3.05) is 6.61 Å². The Labute approximate surface area is 208 Å². The van der Waals surface area contributed by atoms with Gasteiger partial charge >= 0.3 is 18.1 Å². The average molecular weight is 518 g/mol. The van der Waals surface area contributed by atoms with Crippen molar-refractivity contribution in [1.82, 2.24) is 18.7 Å². The van der Waals surface area contributed by atoms with E-state index in [4.69, 9.17) is 4.74 Å². The number of hydrogen-bond donors (Lipinski definition) is 1. The monoisotopic (exact) mass is 518 g/mol. The first-order valence-corrected chi connectivity index (χ1v) is 11.5. The standard InChI is InChI=1S/C25H25F3N4O5/c1-3-16-8-10-17(11-9-16)15-32-20-21(30(2)24(35)31(22(20)34)12-5-13-33)29-23(32)36-18-6-4-7-19(14-18)37-25(26,27)28/h4,6-11,14,33H,3,5,12-13,15H2,1-2H3. The van der Waals surface area contributed by atoms with Crippen LogP contribution in [0.1, 0.15) is 24.5 Å². The fourth-order valence-corrected chi connectivity index (χ4v) is 3.91. The van der Waals surface area contributed by atoms with Crippen molar-refractivity contribution in [3.8, 4) is 17.5 Å². The number of benzene rings is 2. The highest BCUT2D eigenvalue weighted by atomic mass is 19.4. The number of fused-ring (bicyclic) bond motifs is 1. The summed E-state index contributed by atoms with van der Waals surface area (Å²) in [6, 6.07) is 12.5. The maximum Gasteiger partial charge on any atom is 0.573 e. The van der Waals surface area contributed by atoms with Crippen molar-refractivity contribution in [2.24, 2.45) is 7.05 Å². The number of hydrogen-bond acceptors (Lipinski definition) is 6. The lowest BCUT2D eigenvalue weighted by atomic mass is 10.1. The first-order valence-electron chi connectivity index (χ1n) is 11.5. The van der Waals surface area contributed by atoms with E-state index in [1.54, 1.807) is 0 Å². The van der Waals surface area contributed by atoms with E-state index in [-0.39, 0.29) is 49.0 Å². The smallest absolute Gasteiger partial charge is 0.425 e. The molecule has 1 N–H and O–H groups in total. The normalized spacial score (nSPS) is 11.7. The molecule has 0 saturated carbocycles. The Bertz CT molecular complexity index is 1520. The fraction of sp³-hybridized carbons (Fsp3) is 0.320. The summed E-state index contributed by atoms with van der Waals surface area (Å²) in [6.07, 6.45) is -3.84. The van der Waals surface area contributed by atoms with E-state index in [0.717, 1.165) is 34.2 Å². The van der Waals surface area contributed by atoms with Crippen molar-refractivity contribution in [3.05, 3.63) is 80.5 Å². The zero-order valence-corrected chi connectivity index (χ0v) is 20.2. The second kappa shape index (κ2) is 10.5. The van der Waals surface area contributed by atoms with Gasteiger partial charge in [-0.25, -0.2) is 4.79 Å². The molecule has 0 amide bonds.